The van der Waals surface area contributed by atoms with Crippen molar-refractivity contribution in [3.05, 3.63) is 0 Å². The molecule has 0 aromatic carbocycles. The molecule has 0 radical (unpaired) electrons. The molecule has 0 aromatic rings. The number of carbonyl (C=O) groups excluding carboxylic acids is 2. The van der Waals surface area contributed by atoms with Crippen LogP contribution in [0, 0.1) is 0 Å². The first-order valence-electron chi connectivity index (χ1n) is 4.95. The van der Waals surface area contributed by atoms with Crippen molar-refractivity contribution in [1.29, 1.82) is 0 Å². The van der Waals surface area contributed by atoms with Crippen molar-refractivity contribution < 1.29 is 14.3 Å². The summed E-state index contributed by atoms with van der Waals surface area (Å²) in [7, 11) is 0. The van der Waals surface area contributed by atoms with Crippen molar-refractivity contribution in [3.8, 4) is 0 Å². The molecule has 0 saturated heterocycles. The lowest BCUT2D eigenvalue weighted by atomic mass is 9.97. The molecule has 2 unspecified atom stereocenters. The molecule has 1 aliphatic rings. The van der Waals surface area contributed by atoms with Crippen LogP contribution < -0.4 is 0 Å². The van der Waals surface area contributed by atoms with Gasteiger partial charge in [0.05, 0.1) is 0 Å². The van der Waals surface area contributed by atoms with Gasteiger partial charge in [0.1, 0.15) is 11.5 Å². The van der Waals surface area contributed by atoms with E-state index in [1.807, 2.05) is 0 Å². The molecule has 0 N–H and O–H groups in total. The van der Waals surface area contributed by atoms with Gasteiger partial charge in [-0.25, -0.2) is 0 Å². The molecule has 0 bridgehead atoms. The number of alkyl halides is 1. The predicted molar refractivity (Wildman–Crippen MR) is 53.3 cm³/mol. The first kappa shape index (κ1) is 11.5. The van der Waals surface area contributed by atoms with Crippen LogP contribution in [0.1, 0.15) is 39.0 Å². The van der Waals surface area contributed by atoms with Gasteiger partial charge in [-0.1, -0.05) is 6.42 Å². The molecule has 4 heteroatoms. The minimum absolute atomic E-state index is 0.00221. The SMILES string of the molecule is CC(=O)OC1CCCCCC(=O)C1Cl. The monoisotopic (exact) mass is 218 g/mol. The summed E-state index contributed by atoms with van der Waals surface area (Å²) < 4.78 is 5.02. The van der Waals surface area contributed by atoms with Crippen LogP contribution in [-0.2, 0) is 14.3 Å². The fourth-order valence-corrected chi connectivity index (χ4v) is 1.93. The van der Waals surface area contributed by atoms with Gasteiger partial charge in [-0.15, -0.1) is 11.6 Å². The average Bonchev–Trinajstić information content (AvgIpc) is 2.11. The Hall–Kier alpha value is -0.570. The van der Waals surface area contributed by atoms with E-state index < -0.39 is 11.5 Å². The van der Waals surface area contributed by atoms with Crippen LogP contribution in [0.25, 0.3) is 0 Å². The van der Waals surface area contributed by atoms with Crippen molar-refractivity contribution in [2.75, 3.05) is 0 Å². The Labute approximate surface area is 88.8 Å². The van der Waals surface area contributed by atoms with E-state index in [2.05, 4.69) is 0 Å². The Kier molecular flexibility index (Phi) is 4.39. The number of hydrogen-bond acceptors (Lipinski definition) is 3. The fourth-order valence-electron chi connectivity index (χ4n) is 1.64. The van der Waals surface area contributed by atoms with Gasteiger partial charge in [0, 0.05) is 13.3 Å². The summed E-state index contributed by atoms with van der Waals surface area (Å²) in [5, 5.41) is -0.654. The molecular weight excluding hydrogens is 204 g/mol. The van der Waals surface area contributed by atoms with Crippen LogP contribution in [0.5, 0.6) is 0 Å². The molecular formula is C10H15ClO3. The normalized spacial score (nSPS) is 29.1. The maximum absolute atomic E-state index is 11.4. The molecule has 0 spiro atoms. The van der Waals surface area contributed by atoms with E-state index in [1.54, 1.807) is 0 Å². The van der Waals surface area contributed by atoms with Gasteiger partial charge in [-0.2, -0.15) is 0 Å². The third-order valence-electron chi connectivity index (χ3n) is 2.36. The van der Waals surface area contributed by atoms with Crippen molar-refractivity contribution in [3.63, 3.8) is 0 Å². The number of esters is 1. The summed E-state index contributed by atoms with van der Waals surface area (Å²) in [5.74, 6) is -0.369. The summed E-state index contributed by atoms with van der Waals surface area (Å²) in [6.45, 7) is 1.34. The van der Waals surface area contributed by atoms with Crippen LogP contribution in [0.4, 0.5) is 0 Å². The standard InChI is InChI=1S/C10H15ClO3/c1-7(12)14-9-6-4-2-3-5-8(13)10(9)11/h9-10H,2-6H2,1H3. The highest BCUT2D eigenvalue weighted by atomic mass is 35.5. The summed E-state index contributed by atoms with van der Waals surface area (Å²) in [5.41, 5.74) is 0. The third kappa shape index (κ3) is 3.29. The number of carbonyl (C=O) groups is 2. The van der Waals surface area contributed by atoms with Crippen LogP contribution in [0.2, 0.25) is 0 Å². The number of Topliss-reactive ketones (excluding diaryl/α,β-unsaturated/α-hetero) is 1. The highest BCUT2D eigenvalue weighted by Gasteiger charge is 2.29. The highest BCUT2D eigenvalue weighted by Crippen LogP contribution is 2.21. The molecule has 80 valence electrons. The van der Waals surface area contributed by atoms with Gasteiger partial charge in [-0.05, 0) is 19.3 Å². The fraction of sp³-hybridized carbons (Fsp3) is 0.800. The van der Waals surface area contributed by atoms with E-state index in [4.69, 9.17) is 16.3 Å². The van der Waals surface area contributed by atoms with E-state index in [0.717, 1.165) is 19.3 Å². The number of rotatable bonds is 1. The number of hydrogen-bond donors (Lipinski definition) is 0. The third-order valence-corrected chi connectivity index (χ3v) is 2.89. The van der Waals surface area contributed by atoms with E-state index in [-0.39, 0.29) is 11.8 Å². The van der Waals surface area contributed by atoms with Crippen molar-refractivity contribution >= 4 is 23.4 Å². The Balaban J connectivity index is 2.58. The Morgan fingerprint density at radius 3 is 2.79 bits per heavy atom. The highest BCUT2D eigenvalue weighted by molar-refractivity contribution is 6.31. The van der Waals surface area contributed by atoms with Crippen molar-refractivity contribution in [1.82, 2.24) is 0 Å². The largest absolute Gasteiger partial charge is 0.461 e. The molecule has 0 amide bonds. The van der Waals surface area contributed by atoms with E-state index in [9.17, 15) is 9.59 Å². The molecule has 1 fully saturated rings. The molecule has 0 aliphatic heterocycles. The van der Waals surface area contributed by atoms with Gasteiger partial charge >= 0.3 is 5.97 Å². The minimum Gasteiger partial charge on any atom is -0.461 e. The maximum Gasteiger partial charge on any atom is 0.302 e. The van der Waals surface area contributed by atoms with Gasteiger partial charge in [0.2, 0.25) is 0 Å². The van der Waals surface area contributed by atoms with Gasteiger partial charge in [-0.3, -0.25) is 9.59 Å². The number of ether oxygens (including phenoxy) is 1. The summed E-state index contributed by atoms with van der Waals surface area (Å²) in [4.78, 5) is 22.2. The molecule has 1 aliphatic carbocycles. The lowest BCUT2D eigenvalue weighted by Crippen LogP contribution is -2.34. The summed E-state index contributed by atoms with van der Waals surface area (Å²) in [6.07, 6.45) is 3.64. The van der Waals surface area contributed by atoms with Crippen molar-refractivity contribution in [2.45, 2.75) is 50.5 Å². The predicted octanol–water partition coefficient (Wildman–Crippen LogP) is 2.06. The van der Waals surface area contributed by atoms with Crippen LogP contribution in [-0.4, -0.2) is 23.2 Å². The minimum atomic E-state index is -0.654. The Morgan fingerprint density at radius 1 is 1.43 bits per heavy atom. The molecule has 0 heterocycles. The van der Waals surface area contributed by atoms with Gasteiger partial charge in [0.15, 0.2) is 5.78 Å². The first-order chi connectivity index (χ1) is 6.61. The van der Waals surface area contributed by atoms with Gasteiger partial charge in [0.25, 0.3) is 0 Å². The molecule has 2 atom stereocenters. The molecule has 3 nitrogen and oxygen atoms in total. The molecule has 0 aromatic heterocycles. The molecule has 1 rings (SSSR count). The average molecular weight is 219 g/mol. The smallest absolute Gasteiger partial charge is 0.302 e. The second kappa shape index (κ2) is 5.35. The van der Waals surface area contributed by atoms with Crippen LogP contribution in [0.3, 0.4) is 0 Å². The van der Waals surface area contributed by atoms with E-state index in [1.165, 1.54) is 6.92 Å². The van der Waals surface area contributed by atoms with E-state index in [0.29, 0.717) is 12.8 Å². The maximum atomic E-state index is 11.4. The zero-order valence-corrected chi connectivity index (χ0v) is 9.05. The number of ketones is 1. The quantitative estimate of drug-likeness (QED) is 0.500. The second-order valence-corrected chi connectivity index (χ2v) is 4.09. The summed E-state index contributed by atoms with van der Waals surface area (Å²) in [6, 6.07) is 0. The lowest BCUT2D eigenvalue weighted by molar-refractivity contribution is -0.147. The second-order valence-electron chi connectivity index (χ2n) is 3.62. The zero-order valence-electron chi connectivity index (χ0n) is 8.29. The zero-order chi connectivity index (χ0) is 10.6. The Morgan fingerprint density at radius 2 is 2.14 bits per heavy atom. The summed E-state index contributed by atoms with van der Waals surface area (Å²) >= 11 is 5.93. The van der Waals surface area contributed by atoms with E-state index >= 15 is 0 Å². The first-order valence-corrected chi connectivity index (χ1v) is 5.39. The number of halogens is 1. The van der Waals surface area contributed by atoms with Crippen molar-refractivity contribution in [2.24, 2.45) is 0 Å². The Bertz CT molecular complexity index is 227. The van der Waals surface area contributed by atoms with Crippen LogP contribution in [0.15, 0.2) is 0 Å². The van der Waals surface area contributed by atoms with Gasteiger partial charge < -0.3 is 4.74 Å². The lowest BCUT2D eigenvalue weighted by Gasteiger charge is -2.23. The topological polar surface area (TPSA) is 43.4 Å². The molecule has 14 heavy (non-hydrogen) atoms. The molecule has 1 saturated carbocycles. The van der Waals surface area contributed by atoms with Crippen LogP contribution >= 0.6 is 11.6 Å².